The fraction of sp³-hybridized carbons (Fsp3) is 0.385. The van der Waals surface area contributed by atoms with Gasteiger partial charge >= 0.3 is 0 Å². The van der Waals surface area contributed by atoms with Crippen molar-refractivity contribution < 1.29 is 0 Å². The number of hydrogen-bond donors (Lipinski definition) is 1. The van der Waals surface area contributed by atoms with E-state index in [0.29, 0.717) is 6.04 Å². The summed E-state index contributed by atoms with van der Waals surface area (Å²) in [6.45, 7) is 2.23. The van der Waals surface area contributed by atoms with Crippen molar-refractivity contribution in [3.05, 3.63) is 35.2 Å². The van der Waals surface area contributed by atoms with Crippen LogP contribution in [0.3, 0.4) is 0 Å². The van der Waals surface area contributed by atoms with E-state index in [1.54, 1.807) is 0 Å². The van der Waals surface area contributed by atoms with Gasteiger partial charge in [0, 0.05) is 10.7 Å². The summed E-state index contributed by atoms with van der Waals surface area (Å²) in [6, 6.07) is 9.26. The Bertz CT molecular complexity index is 429. The van der Waals surface area contributed by atoms with Crippen LogP contribution in [0.5, 0.6) is 0 Å². The van der Waals surface area contributed by atoms with E-state index in [-0.39, 0.29) is 0 Å². The molecule has 80 valence electrons. The summed E-state index contributed by atoms with van der Waals surface area (Å²) < 4.78 is 1.40. The fourth-order valence-corrected chi connectivity index (χ4v) is 2.88. The Hall–Kier alpha value is -0.860. The molecule has 0 spiro atoms. The molecule has 1 N–H and O–H groups in total. The van der Waals surface area contributed by atoms with Crippen molar-refractivity contribution >= 4 is 21.4 Å². The van der Waals surface area contributed by atoms with Crippen molar-refractivity contribution in [3.8, 4) is 0 Å². The molecule has 15 heavy (non-hydrogen) atoms. The first kappa shape index (κ1) is 10.7. The molecular formula is C13H17NS. The minimum atomic E-state index is 0.600. The molecule has 2 rings (SSSR count). The molecule has 0 radical (unpaired) electrons. The van der Waals surface area contributed by atoms with Crippen LogP contribution in [0.1, 0.15) is 18.9 Å². The van der Waals surface area contributed by atoms with Gasteiger partial charge in [-0.15, -0.1) is 11.3 Å². The summed E-state index contributed by atoms with van der Waals surface area (Å²) in [7, 11) is 2.04. The van der Waals surface area contributed by atoms with E-state index in [2.05, 4.69) is 41.9 Å². The monoisotopic (exact) mass is 219 g/mol. The van der Waals surface area contributed by atoms with E-state index >= 15 is 0 Å². The lowest BCUT2D eigenvalue weighted by atomic mass is 10.0. The summed E-state index contributed by atoms with van der Waals surface area (Å²) >= 11 is 1.85. The standard InChI is InChI=1S/C13H17NS/c1-3-11(14-2)8-10-9-15-13-7-5-4-6-12(10)13/h4-7,9,11,14H,3,8H2,1-2H3/t11-/m1/s1. The summed E-state index contributed by atoms with van der Waals surface area (Å²) in [4.78, 5) is 0. The number of rotatable bonds is 4. The quantitative estimate of drug-likeness (QED) is 0.830. The second-order valence-electron chi connectivity index (χ2n) is 3.86. The third-order valence-electron chi connectivity index (χ3n) is 2.93. The molecule has 1 atom stereocenters. The first-order chi connectivity index (χ1) is 7.35. The van der Waals surface area contributed by atoms with Crippen LogP contribution in [0.2, 0.25) is 0 Å². The highest BCUT2D eigenvalue weighted by molar-refractivity contribution is 7.17. The van der Waals surface area contributed by atoms with Gasteiger partial charge in [0.05, 0.1) is 0 Å². The van der Waals surface area contributed by atoms with E-state index in [1.165, 1.54) is 22.1 Å². The summed E-state index contributed by atoms with van der Waals surface area (Å²) in [5.74, 6) is 0. The lowest BCUT2D eigenvalue weighted by Gasteiger charge is -2.12. The predicted molar refractivity (Wildman–Crippen MR) is 68.7 cm³/mol. The molecule has 0 saturated carbocycles. The zero-order chi connectivity index (χ0) is 10.7. The van der Waals surface area contributed by atoms with Crippen LogP contribution >= 0.6 is 11.3 Å². The largest absolute Gasteiger partial charge is 0.317 e. The van der Waals surface area contributed by atoms with E-state index in [9.17, 15) is 0 Å². The molecule has 0 amide bonds. The third-order valence-corrected chi connectivity index (χ3v) is 3.94. The van der Waals surface area contributed by atoms with Crippen LogP contribution in [-0.2, 0) is 6.42 Å². The molecule has 1 nitrogen and oxygen atoms in total. The van der Waals surface area contributed by atoms with Gasteiger partial charge in [-0.25, -0.2) is 0 Å². The Morgan fingerprint density at radius 1 is 1.33 bits per heavy atom. The second kappa shape index (κ2) is 4.77. The molecule has 1 heterocycles. The molecule has 0 aliphatic heterocycles. The SMILES string of the molecule is CC[C@H](Cc1csc2ccccc12)NC. The number of thiophene rings is 1. The van der Waals surface area contributed by atoms with E-state index in [1.807, 2.05) is 18.4 Å². The Morgan fingerprint density at radius 3 is 2.87 bits per heavy atom. The maximum Gasteiger partial charge on any atom is 0.0345 e. The number of benzene rings is 1. The average molecular weight is 219 g/mol. The van der Waals surface area contributed by atoms with Crippen LogP contribution in [0.25, 0.3) is 10.1 Å². The maximum atomic E-state index is 3.36. The predicted octanol–water partition coefficient (Wildman–Crippen LogP) is 3.44. The van der Waals surface area contributed by atoms with Gasteiger partial charge in [-0.05, 0) is 42.3 Å². The first-order valence-electron chi connectivity index (χ1n) is 5.47. The van der Waals surface area contributed by atoms with Crippen molar-refractivity contribution in [3.63, 3.8) is 0 Å². The minimum Gasteiger partial charge on any atom is -0.317 e. The van der Waals surface area contributed by atoms with Gasteiger partial charge in [-0.2, -0.15) is 0 Å². The van der Waals surface area contributed by atoms with Gasteiger partial charge in [-0.1, -0.05) is 25.1 Å². The molecule has 0 aliphatic rings. The molecule has 1 aromatic heterocycles. The Morgan fingerprint density at radius 2 is 2.13 bits per heavy atom. The van der Waals surface area contributed by atoms with Crippen LogP contribution in [-0.4, -0.2) is 13.1 Å². The van der Waals surface area contributed by atoms with Crippen molar-refractivity contribution in [2.45, 2.75) is 25.8 Å². The van der Waals surface area contributed by atoms with E-state index < -0.39 is 0 Å². The highest BCUT2D eigenvalue weighted by Crippen LogP contribution is 2.26. The van der Waals surface area contributed by atoms with Crippen molar-refractivity contribution in [2.75, 3.05) is 7.05 Å². The maximum absolute atomic E-state index is 3.36. The van der Waals surface area contributed by atoms with Gasteiger partial charge < -0.3 is 5.32 Å². The lowest BCUT2D eigenvalue weighted by Crippen LogP contribution is -2.26. The molecule has 2 heteroatoms. The minimum absolute atomic E-state index is 0.600. The topological polar surface area (TPSA) is 12.0 Å². The Labute approximate surface area is 95.1 Å². The van der Waals surface area contributed by atoms with Gasteiger partial charge in [0.2, 0.25) is 0 Å². The highest BCUT2D eigenvalue weighted by Gasteiger charge is 2.08. The number of hydrogen-bond acceptors (Lipinski definition) is 2. The molecule has 1 aromatic carbocycles. The van der Waals surface area contributed by atoms with Crippen molar-refractivity contribution in [1.29, 1.82) is 0 Å². The van der Waals surface area contributed by atoms with Crippen LogP contribution in [0.4, 0.5) is 0 Å². The Kier molecular flexibility index (Phi) is 3.39. The summed E-state index contributed by atoms with van der Waals surface area (Å²) in [6.07, 6.45) is 2.32. The molecule has 0 bridgehead atoms. The Balaban J connectivity index is 2.28. The van der Waals surface area contributed by atoms with Crippen LogP contribution in [0, 0.1) is 0 Å². The van der Waals surface area contributed by atoms with Gasteiger partial charge in [-0.3, -0.25) is 0 Å². The van der Waals surface area contributed by atoms with Gasteiger partial charge in [0.15, 0.2) is 0 Å². The average Bonchev–Trinajstić information content (AvgIpc) is 2.69. The van der Waals surface area contributed by atoms with E-state index in [4.69, 9.17) is 0 Å². The summed E-state index contributed by atoms with van der Waals surface area (Å²) in [5.41, 5.74) is 1.48. The number of fused-ring (bicyclic) bond motifs is 1. The molecule has 2 aromatic rings. The number of likely N-dealkylation sites (N-methyl/N-ethyl adjacent to an activating group) is 1. The number of nitrogens with one attached hydrogen (secondary N) is 1. The zero-order valence-electron chi connectivity index (χ0n) is 9.29. The molecule has 0 saturated heterocycles. The van der Waals surface area contributed by atoms with Crippen LogP contribution < -0.4 is 5.32 Å². The van der Waals surface area contributed by atoms with Crippen LogP contribution in [0.15, 0.2) is 29.6 Å². The van der Waals surface area contributed by atoms with E-state index in [0.717, 1.165) is 6.42 Å². The van der Waals surface area contributed by atoms with Crippen molar-refractivity contribution in [2.24, 2.45) is 0 Å². The molecule has 0 fully saturated rings. The molecule has 0 unspecified atom stereocenters. The van der Waals surface area contributed by atoms with Gasteiger partial charge in [0.1, 0.15) is 0 Å². The normalized spacial score (nSPS) is 13.2. The van der Waals surface area contributed by atoms with Gasteiger partial charge in [0.25, 0.3) is 0 Å². The third kappa shape index (κ3) is 2.21. The molecule has 0 aliphatic carbocycles. The summed E-state index contributed by atoms with van der Waals surface area (Å²) in [5, 5.41) is 7.08. The molecular weight excluding hydrogens is 202 g/mol. The highest BCUT2D eigenvalue weighted by atomic mass is 32.1. The lowest BCUT2D eigenvalue weighted by molar-refractivity contribution is 0.545. The fourth-order valence-electron chi connectivity index (χ4n) is 1.91. The first-order valence-corrected chi connectivity index (χ1v) is 6.35. The zero-order valence-corrected chi connectivity index (χ0v) is 10.1. The second-order valence-corrected chi connectivity index (χ2v) is 4.77. The van der Waals surface area contributed by atoms with Crippen molar-refractivity contribution in [1.82, 2.24) is 5.32 Å². The smallest absolute Gasteiger partial charge is 0.0345 e.